The zero-order valence-electron chi connectivity index (χ0n) is 30.6. The molecule has 55 heavy (non-hydrogen) atoms. The molecule has 7 nitrogen and oxygen atoms in total. The second-order valence-corrected chi connectivity index (χ2v) is 16.0. The van der Waals surface area contributed by atoms with E-state index in [1.54, 1.807) is 6.07 Å². The first-order chi connectivity index (χ1) is 26.1. The molecule has 294 valence electrons. The summed E-state index contributed by atoms with van der Waals surface area (Å²) in [6.07, 6.45) is 6.10. The fourth-order valence-electron chi connectivity index (χ4n) is 7.88. The Morgan fingerprint density at radius 3 is 1.62 bits per heavy atom. The molecule has 3 heterocycles. The molecule has 0 aliphatic carbocycles. The molecule has 0 spiro atoms. The number of ether oxygens (including phenoxy) is 2. The smallest absolute Gasteiger partial charge is 0.253 e. The lowest BCUT2D eigenvalue weighted by Crippen LogP contribution is -2.36. The molecule has 4 aromatic rings. The Labute approximate surface area is 350 Å². The first-order valence-electron chi connectivity index (χ1n) is 18.6. The van der Waals surface area contributed by atoms with E-state index in [1.807, 2.05) is 101 Å². The molecule has 3 aliphatic rings. The number of halogens is 5. The van der Waals surface area contributed by atoms with Crippen molar-refractivity contribution in [1.29, 1.82) is 0 Å². The first kappa shape index (κ1) is 43.3. The zero-order chi connectivity index (χ0) is 38.1. The number of likely N-dealkylation sites (tertiary alicyclic amines) is 2. The normalized spacial score (nSPS) is 22.1. The molecule has 4 aromatic carbocycles. The average molecular weight is 849 g/mol. The van der Waals surface area contributed by atoms with Crippen molar-refractivity contribution in [3.63, 3.8) is 0 Å². The van der Waals surface area contributed by atoms with Gasteiger partial charge < -0.3 is 24.4 Å². The quantitative estimate of drug-likeness (QED) is 0.172. The molecular weight excluding hydrogens is 802 g/mol. The highest BCUT2D eigenvalue weighted by Crippen LogP contribution is 2.42. The van der Waals surface area contributed by atoms with Crippen molar-refractivity contribution in [2.24, 2.45) is 0 Å². The Balaban J connectivity index is 0.000000212. The van der Waals surface area contributed by atoms with E-state index < -0.39 is 0 Å². The van der Waals surface area contributed by atoms with Gasteiger partial charge in [-0.3, -0.25) is 9.59 Å². The summed E-state index contributed by atoms with van der Waals surface area (Å²) in [6, 6.07) is 30.1. The SMILES string of the molecule is Cl.O=C(c1ccccc1)N1CCC(CCO)(c2ccc(Cl)c(Cl)c2)C1.O=C(c1ccccc1)N1CCC(CCOC2CCCCO2)(c2ccc(Cl)c(Cl)c2)C1. The number of carbonyl (C=O) groups excluding carboxylic acids is 2. The molecule has 3 aliphatic heterocycles. The molecule has 3 unspecified atom stereocenters. The van der Waals surface area contributed by atoms with Crippen LogP contribution in [-0.2, 0) is 20.3 Å². The highest BCUT2D eigenvalue weighted by molar-refractivity contribution is 6.42. The summed E-state index contributed by atoms with van der Waals surface area (Å²) in [5.74, 6) is 0.0875. The third kappa shape index (κ3) is 10.6. The number of benzene rings is 4. The highest BCUT2D eigenvalue weighted by Gasteiger charge is 2.43. The minimum Gasteiger partial charge on any atom is -0.396 e. The summed E-state index contributed by atoms with van der Waals surface area (Å²) >= 11 is 24.7. The van der Waals surface area contributed by atoms with Gasteiger partial charge >= 0.3 is 0 Å². The molecule has 3 atom stereocenters. The van der Waals surface area contributed by atoms with Gasteiger partial charge in [-0.1, -0.05) is 94.9 Å². The van der Waals surface area contributed by atoms with Crippen molar-refractivity contribution < 1.29 is 24.2 Å². The van der Waals surface area contributed by atoms with Crippen LogP contribution in [0.3, 0.4) is 0 Å². The van der Waals surface area contributed by atoms with Crippen LogP contribution >= 0.6 is 58.8 Å². The lowest BCUT2D eigenvalue weighted by molar-refractivity contribution is -0.164. The number of rotatable bonds is 10. The number of amides is 2. The molecule has 3 fully saturated rings. The number of hydrogen-bond acceptors (Lipinski definition) is 5. The largest absolute Gasteiger partial charge is 0.396 e. The third-order valence-corrected chi connectivity index (χ3v) is 12.5. The maximum atomic E-state index is 13.0. The maximum absolute atomic E-state index is 13.0. The van der Waals surface area contributed by atoms with Crippen molar-refractivity contribution in [3.8, 4) is 0 Å². The van der Waals surface area contributed by atoms with Crippen molar-refractivity contribution in [2.45, 2.75) is 62.1 Å². The fourth-order valence-corrected chi connectivity index (χ4v) is 8.48. The molecule has 0 radical (unpaired) electrons. The molecule has 0 saturated carbocycles. The monoisotopic (exact) mass is 846 g/mol. The first-order valence-corrected chi connectivity index (χ1v) is 20.1. The third-order valence-electron chi connectivity index (χ3n) is 11.0. The van der Waals surface area contributed by atoms with Crippen LogP contribution in [0.15, 0.2) is 97.1 Å². The van der Waals surface area contributed by atoms with Gasteiger partial charge in [0.05, 0.1) is 26.7 Å². The van der Waals surface area contributed by atoms with Crippen LogP contribution in [0.2, 0.25) is 20.1 Å². The summed E-state index contributed by atoms with van der Waals surface area (Å²) < 4.78 is 11.7. The van der Waals surface area contributed by atoms with Crippen molar-refractivity contribution in [2.75, 3.05) is 46.0 Å². The van der Waals surface area contributed by atoms with Crippen molar-refractivity contribution in [1.82, 2.24) is 9.80 Å². The summed E-state index contributed by atoms with van der Waals surface area (Å²) in [5, 5.41) is 11.6. The fraction of sp³-hybridized carbons (Fsp3) is 0.395. The number of nitrogens with zero attached hydrogens (tertiary/aromatic N) is 2. The Bertz CT molecular complexity index is 1880. The second kappa shape index (κ2) is 20.0. The van der Waals surface area contributed by atoms with Gasteiger partial charge in [0, 0.05) is 61.3 Å². The summed E-state index contributed by atoms with van der Waals surface area (Å²) in [4.78, 5) is 29.5. The van der Waals surface area contributed by atoms with Crippen molar-refractivity contribution in [3.05, 3.63) is 139 Å². The number of hydrogen-bond donors (Lipinski definition) is 1. The van der Waals surface area contributed by atoms with Gasteiger partial charge in [0.15, 0.2) is 6.29 Å². The summed E-state index contributed by atoms with van der Waals surface area (Å²) in [6.45, 7) is 3.97. The lowest BCUT2D eigenvalue weighted by atomic mass is 9.77. The van der Waals surface area contributed by atoms with E-state index in [0.29, 0.717) is 70.4 Å². The minimum atomic E-state index is -0.284. The number of aliphatic hydroxyl groups excluding tert-OH is 1. The molecule has 3 saturated heterocycles. The molecular formula is C43H47Cl5N2O5. The van der Waals surface area contributed by atoms with E-state index >= 15 is 0 Å². The topological polar surface area (TPSA) is 79.3 Å². The maximum Gasteiger partial charge on any atom is 0.253 e. The standard InChI is InChI=1S/C24H27Cl2NO3.C19H19Cl2NO2.ClH/c25-20-10-9-19(16-21(20)26)24(12-15-30-22-8-4-5-14-29-22)11-13-27(17-24)23(28)18-6-2-1-3-7-18;20-16-7-6-15(12-17(16)21)19(9-11-23)8-10-22(13-19)18(24)14-4-2-1-3-5-14;/h1-3,6-7,9-10,16,22H,4-5,8,11-15,17H2;1-7,12,23H,8-11,13H2;1H. The molecule has 1 N–H and O–H groups in total. The van der Waals surface area contributed by atoms with E-state index in [1.165, 1.54) is 0 Å². The van der Waals surface area contributed by atoms with Crippen LogP contribution in [0.5, 0.6) is 0 Å². The zero-order valence-corrected chi connectivity index (χ0v) is 34.4. The van der Waals surface area contributed by atoms with Gasteiger partial charge in [-0.15, -0.1) is 12.4 Å². The summed E-state index contributed by atoms with van der Waals surface area (Å²) in [7, 11) is 0. The van der Waals surface area contributed by atoms with Crippen molar-refractivity contribution >= 4 is 70.6 Å². The molecule has 2 amide bonds. The Kier molecular flexibility index (Phi) is 15.8. The van der Waals surface area contributed by atoms with Crippen LogP contribution < -0.4 is 0 Å². The van der Waals surface area contributed by atoms with Crippen LogP contribution in [0.4, 0.5) is 0 Å². The van der Waals surface area contributed by atoms with E-state index in [0.717, 1.165) is 56.3 Å². The number of aliphatic hydroxyl groups is 1. The van der Waals surface area contributed by atoms with Gasteiger partial charge in [0.25, 0.3) is 11.8 Å². The Morgan fingerprint density at radius 1 is 0.691 bits per heavy atom. The predicted octanol–water partition coefficient (Wildman–Crippen LogP) is 10.3. The average Bonchev–Trinajstić information content (AvgIpc) is 3.84. The van der Waals surface area contributed by atoms with Crippen LogP contribution in [0, 0.1) is 0 Å². The van der Waals surface area contributed by atoms with E-state index in [2.05, 4.69) is 0 Å². The predicted molar refractivity (Wildman–Crippen MR) is 223 cm³/mol. The van der Waals surface area contributed by atoms with Gasteiger partial charge in [-0.25, -0.2) is 0 Å². The Hall–Kier alpha value is -2.85. The molecule has 0 bridgehead atoms. The van der Waals surface area contributed by atoms with Gasteiger partial charge in [-0.2, -0.15) is 0 Å². The molecule has 0 aromatic heterocycles. The van der Waals surface area contributed by atoms with E-state index in [-0.39, 0.29) is 47.9 Å². The lowest BCUT2D eigenvalue weighted by Gasteiger charge is -2.31. The minimum absolute atomic E-state index is 0. The van der Waals surface area contributed by atoms with Crippen LogP contribution in [0.1, 0.15) is 76.8 Å². The molecule has 12 heteroatoms. The number of carbonyl (C=O) groups is 2. The van der Waals surface area contributed by atoms with Gasteiger partial charge in [0.2, 0.25) is 0 Å². The van der Waals surface area contributed by atoms with Crippen LogP contribution in [0.25, 0.3) is 0 Å². The highest BCUT2D eigenvalue weighted by atomic mass is 35.5. The van der Waals surface area contributed by atoms with E-state index in [9.17, 15) is 14.7 Å². The van der Waals surface area contributed by atoms with Crippen LogP contribution in [-0.4, -0.2) is 79.0 Å². The van der Waals surface area contributed by atoms with Gasteiger partial charge in [0.1, 0.15) is 0 Å². The Morgan fingerprint density at radius 2 is 1.18 bits per heavy atom. The van der Waals surface area contributed by atoms with Gasteiger partial charge in [-0.05, 0) is 105 Å². The second-order valence-electron chi connectivity index (χ2n) is 14.4. The van der Waals surface area contributed by atoms with E-state index in [4.69, 9.17) is 55.9 Å². The molecule has 7 rings (SSSR count). The summed E-state index contributed by atoms with van der Waals surface area (Å²) in [5.41, 5.74) is 3.03.